The molecule has 0 saturated heterocycles. The van der Waals surface area contributed by atoms with Crippen molar-refractivity contribution in [2.24, 2.45) is 0 Å². The minimum Gasteiger partial charge on any atom is -0.496 e. The number of aromatic nitrogens is 4. The van der Waals surface area contributed by atoms with Crippen LogP contribution in [0.2, 0.25) is 0 Å². The van der Waals surface area contributed by atoms with Crippen molar-refractivity contribution in [3.8, 4) is 17.2 Å². The van der Waals surface area contributed by atoms with Gasteiger partial charge in [-0.25, -0.2) is 0 Å². The summed E-state index contributed by atoms with van der Waals surface area (Å²) >= 11 is 2.27. The lowest BCUT2D eigenvalue weighted by Crippen LogP contribution is -2.14. The van der Waals surface area contributed by atoms with E-state index < -0.39 is 0 Å². The zero-order valence-corrected chi connectivity index (χ0v) is 15.7. The van der Waals surface area contributed by atoms with Crippen LogP contribution in [0.25, 0.3) is 22.5 Å². The summed E-state index contributed by atoms with van der Waals surface area (Å²) in [7, 11) is 1.58. The molecule has 0 radical (unpaired) electrons. The molecule has 0 saturated carbocycles. The quantitative estimate of drug-likeness (QED) is 0.492. The summed E-state index contributed by atoms with van der Waals surface area (Å²) in [5.41, 5.74) is 2.76. The molecule has 0 fully saturated rings. The molecule has 27 heavy (non-hydrogen) atoms. The van der Waals surface area contributed by atoms with Gasteiger partial charge in [-0.3, -0.25) is 4.79 Å². The molecule has 2 aromatic carbocycles. The predicted octanol–water partition coefficient (Wildman–Crippen LogP) is 3.48. The summed E-state index contributed by atoms with van der Waals surface area (Å²) in [5.74, 6) is 0.910. The van der Waals surface area contributed by atoms with Gasteiger partial charge < -0.3 is 14.5 Å². The number of methoxy groups -OCH3 is 1. The molecule has 1 N–H and O–H groups in total. The average molecular weight is 399 g/mol. The molecule has 1 amide bonds. The van der Waals surface area contributed by atoms with Crippen molar-refractivity contribution in [1.29, 1.82) is 0 Å². The Morgan fingerprint density at radius 2 is 2.07 bits per heavy atom. The van der Waals surface area contributed by atoms with E-state index in [1.54, 1.807) is 13.2 Å². The lowest BCUT2D eigenvalue weighted by Gasteiger charge is -2.04. The van der Waals surface area contributed by atoms with Crippen LogP contribution in [0.15, 0.2) is 52.1 Å². The first-order chi connectivity index (χ1) is 13.2. The maximum atomic E-state index is 12.2. The summed E-state index contributed by atoms with van der Waals surface area (Å²) in [6.07, 6.45) is 0. The summed E-state index contributed by atoms with van der Waals surface area (Å²) in [6, 6.07) is 12.8. The van der Waals surface area contributed by atoms with Crippen LogP contribution in [0, 0.1) is 0 Å². The monoisotopic (exact) mass is 399 g/mol. The highest BCUT2D eigenvalue weighted by Crippen LogP contribution is 2.30. The maximum absolute atomic E-state index is 12.2. The van der Waals surface area contributed by atoms with Crippen molar-refractivity contribution in [2.75, 3.05) is 18.2 Å². The molecule has 0 aliphatic heterocycles. The number of amides is 1. The number of hydrogen-bond donors (Lipinski definition) is 1. The Kier molecular flexibility index (Phi) is 4.99. The Morgan fingerprint density at radius 1 is 1.19 bits per heavy atom. The summed E-state index contributed by atoms with van der Waals surface area (Å²) in [5, 5.41) is 11.1. The van der Waals surface area contributed by atoms with Gasteiger partial charge in [-0.05, 0) is 24.3 Å². The third-order valence-electron chi connectivity index (χ3n) is 3.63. The van der Waals surface area contributed by atoms with E-state index in [9.17, 15) is 4.79 Å². The third-order valence-corrected chi connectivity index (χ3v) is 4.99. The highest BCUT2D eigenvalue weighted by molar-refractivity contribution is 7.99. The highest BCUT2D eigenvalue weighted by Gasteiger charge is 2.15. The van der Waals surface area contributed by atoms with Gasteiger partial charge in [-0.15, -0.1) is 10.2 Å². The SMILES string of the molecule is COc1ccccc1-c1nnc(SCC(=O)Nc2cccc3nsnc23)o1. The van der Waals surface area contributed by atoms with Gasteiger partial charge in [0.15, 0.2) is 0 Å². The van der Waals surface area contributed by atoms with E-state index in [1.807, 2.05) is 36.4 Å². The molecule has 0 spiro atoms. The largest absolute Gasteiger partial charge is 0.496 e. The van der Waals surface area contributed by atoms with E-state index in [-0.39, 0.29) is 11.7 Å². The fourth-order valence-corrected chi connectivity index (χ4v) is 3.53. The number of ether oxygens (including phenoxy) is 1. The lowest BCUT2D eigenvalue weighted by molar-refractivity contribution is -0.113. The number of rotatable bonds is 6. The van der Waals surface area contributed by atoms with Gasteiger partial charge in [-0.2, -0.15) is 8.75 Å². The molecule has 4 rings (SSSR count). The van der Waals surface area contributed by atoms with Gasteiger partial charge in [0, 0.05) is 0 Å². The molecule has 0 unspecified atom stereocenters. The van der Waals surface area contributed by atoms with Crippen LogP contribution < -0.4 is 10.1 Å². The molecular weight excluding hydrogens is 386 g/mol. The fourth-order valence-electron chi connectivity index (χ4n) is 2.42. The van der Waals surface area contributed by atoms with E-state index in [1.165, 1.54) is 0 Å². The number of thioether (sulfide) groups is 1. The van der Waals surface area contributed by atoms with E-state index >= 15 is 0 Å². The van der Waals surface area contributed by atoms with Crippen molar-refractivity contribution < 1.29 is 13.9 Å². The average Bonchev–Trinajstić information content (AvgIpc) is 3.36. The number of carbonyl (C=O) groups is 1. The number of hydrogen-bond acceptors (Lipinski definition) is 9. The first-order valence-corrected chi connectivity index (χ1v) is 9.57. The van der Waals surface area contributed by atoms with Gasteiger partial charge in [0.25, 0.3) is 11.1 Å². The van der Waals surface area contributed by atoms with Crippen LogP contribution in [0.3, 0.4) is 0 Å². The molecule has 10 heteroatoms. The number of anilines is 1. The number of nitrogens with one attached hydrogen (secondary N) is 1. The molecule has 0 aliphatic rings. The molecule has 2 heterocycles. The molecule has 8 nitrogen and oxygen atoms in total. The van der Waals surface area contributed by atoms with Gasteiger partial charge in [-0.1, -0.05) is 30.0 Å². The normalized spacial score (nSPS) is 10.9. The Morgan fingerprint density at radius 3 is 2.96 bits per heavy atom. The second-order valence-corrected chi connectivity index (χ2v) is 6.80. The number of para-hydroxylation sites is 1. The second kappa shape index (κ2) is 7.72. The van der Waals surface area contributed by atoms with E-state index in [2.05, 4.69) is 24.3 Å². The summed E-state index contributed by atoms with van der Waals surface area (Å²) in [4.78, 5) is 12.2. The van der Waals surface area contributed by atoms with Crippen molar-refractivity contribution in [3.63, 3.8) is 0 Å². The predicted molar refractivity (Wildman–Crippen MR) is 103 cm³/mol. The standard InChI is InChI=1S/C17H13N5O3S2/c1-24-13-8-3-2-5-10(13)16-19-20-17(25-16)26-9-14(23)18-11-6-4-7-12-15(11)22-27-21-12/h2-8H,9H2,1H3,(H,18,23). The lowest BCUT2D eigenvalue weighted by atomic mass is 10.2. The van der Waals surface area contributed by atoms with Gasteiger partial charge in [0.05, 0.1) is 35.8 Å². The molecule has 136 valence electrons. The molecular formula is C17H13N5O3S2. The number of nitrogens with zero attached hydrogens (tertiary/aromatic N) is 4. The zero-order chi connectivity index (χ0) is 18.6. The Balaban J connectivity index is 1.41. The van der Waals surface area contributed by atoms with Crippen molar-refractivity contribution in [1.82, 2.24) is 18.9 Å². The maximum Gasteiger partial charge on any atom is 0.277 e. The number of fused-ring (bicyclic) bond motifs is 1. The molecule has 2 aromatic heterocycles. The van der Waals surface area contributed by atoms with Crippen LogP contribution in [0.1, 0.15) is 0 Å². The van der Waals surface area contributed by atoms with Crippen LogP contribution in [0.4, 0.5) is 5.69 Å². The third kappa shape index (κ3) is 3.76. The van der Waals surface area contributed by atoms with Gasteiger partial charge in [0.2, 0.25) is 5.91 Å². The fraction of sp³-hybridized carbons (Fsp3) is 0.118. The molecule has 0 atom stereocenters. The Hall–Kier alpha value is -2.98. The number of benzene rings is 2. The van der Waals surface area contributed by atoms with Crippen LogP contribution in [-0.2, 0) is 4.79 Å². The van der Waals surface area contributed by atoms with E-state index in [0.717, 1.165) is 29.0 Å². The summed E-state index contributed by atoms with van der Waals surface area (Å²) in [6.45, 7) is 0. The minimum atomic E-state index is -0.197. The number of carbonyl (C=O) groups excluding carboxylic acids is 1. The van der Waals surface area contributed by atoms with Gasteiger partial charge >= 0.3 is 0 Å². The van der Waals surface area contributed by atoms with E-state index in [4.69, 9.17) is 9.15 Å². The molecule has 4 aromatic rings. The Bertz CT molecular complexity index is 1090. The smallest absolute Gasteiger partial charge is 0.277 e. The summed E-state index contributed by atoms with van der Waals surface area (Å²) < 4.78 is 19.3. The molecule has 0 bridgehead atoms. The van der Waals surface area contributed by atoms with Crippen LogP contribution in [0.5, 0.6) is 5.75 Å². The molecule has 0 aliphatic carbocycles. The first-order valence-electron chi connectivity index (χ1n) is 7.85. The Labute approximate surface area is 162 Å². The second-order valence-electron chi connectivity index (χ2n) is 5.35. The zero-order valence-electron chi connectivity index (χ0n) is 14.1. The van der Waals surface area contributed by atoms with Crippen molar-refractivity contribution in [3.05, 3.63) is 42.5 Å². The van der Waals surface area contributed by atoms with Crippen molar-refractivity contribution >= 4 is 46.1 Å². The highest BCUT2D eigenvalue weighted by atomic mass is 32.2. The van der Waals surface area contributed by atoms with E-state index in [0.29, 0.717) is 33.6 Å². The van der Waals surface area contributed by atoms with Gasteiger partial charge in [0.1, 0.15) is 16.8 Å². The van der Waals surface area contributed by atoms with Crippen LogP contribution in [-0.4, -0.2) is 37.7 Å². The van der Waals surface area contributed by atoms with Crippen LogP contribution >= 0.6 is 23.5 Å². The topological polar surface area (TPSA) is 103 Å². The minimum absolute atomic E-state index is 0.126. The first kappa shape index (κ1) is 17.4. The van der Waals surface area contributed by atoms with Crippen molar-refractivity contribution in [2.45, 2.75) is 5.22 Å².